The van der Waals surface area contributed by atoms with Gasteiger partial charge < -0.3 is 10.3 Å². The lowest BCUT2D eigenvalue weighted by Gasteiger charge is -2.04. The molecule has 6 heteroatoms. The Bertz CT molecular complexity index is 440. The molecule has 0 aliphatic heterocycles. The molecule has 6 nitrogen and oxygen atoms in total. The Hall–Kier alpha value is -2.11. The predicted molar refractivity (Wildman–Crippen MR) is 53.5 cm³/mol. The van der Waals surface area contributed by atoms with E-state index in [4.69, 9.17) is 5.21 Å². The fourth-order valence-corrected chi connectivity index (χ4v) is 1.23. The first-order valence-electron chi connectivity index (χ1n) is 4.14. The number of nitrogens with zero attached hydrogens (tertiary/aromatic N) is 2. The molecule has 0 saturated carbocycles. The number of aryl methyl sites for hydroxylation is 1. The first-order chi connectivity index (χ1) is 6.97. The van der Waals surface area contributed by atoms with Gasteiger partial charge in [0.05, 0.1) is 10.6 Å². The molecule has 0 aliphatic carbocycles. The van der Waals surface area contributed by atoms with Crippen molar-refractivity contribution in [2.24, 2.45) is 5.16 Å². The van der Waals surface area contributed by atoms with E-state index < -0.39 is 16.4 Å². The maximum absolute atomic E-state index is 10.6. The number of phenols is 1. The quantitative estimate of drug-likeness (QED) is 0.336. The van der Waals surface area contributed by atoms with Gasteiger partial charge >= 0.3 is 5.69 Å². The zero-order chi connectivity index (χ0) is 11.6. The van der Waals surface area contributed by atoms with Crippen molar-refractivity contribution in [3.63, 3.8) is 0 Å². The van der Waals surface area contributed by atoms with Crippen molar-refractivity contribution in [3.05, 3.63) is 33.4 Å². The number of rotatable bonds is 2. The lowest BCUT2D eigenvalue weighted by Crippen LogP contribution is -1.99. The van der Waals surface area contributed by atoms with Crippen molar-refractivity contribution >= 4 is 11.4 Å². The summed E-state index contributed by atoms with van der Waals surface area (Å²) >= 11 is 0. The van der Waals surface area contributed by atoms with Crippen LogP contribution in [0.1, 0.15) is 18.1 Å². The van der Waals surface area contributed by atoms with E-state index in [0.717, 1.165) is 0 Å². The highest BCUT2D eigenvalue weighted by atomic mass is 16.6. The summed E-state index contributed by atoms with van der Waals surface area (Å²) in [6.45, 7) is 3.10. The molecule has 0 radical (unpaired) electrons. The molecule has 15 heavy (non-hydrogen) atoms. The third-order valence-electron chi connectivity index (χ3n) is 1.97. The zero-order valence-corrected chi connectivity index (χ0v) is 8.26. The Kier molecular flexibility index (Phi) is 2.89. The lowest BCUT2D eigenvalue weighted by atomic mass is 10.1. The summed E-state index contributed by atoms with van der Waals surface area (Å²) in [7, 11) is 0. The lowest BCUT2D eigenvalue weighted by molar-refractivity contribution is -0.385. The number of phenolic OH excluding ortho intramolecular Hbond substituents is 1. The normalized spacial score (nSPS) is 11.5. The van der Waals surface area contributed by atoms with Gasteiger partial charge in [0.2, 0.25) is 5.75 Å². The monoisotopic (exact) mass is 210 g/mol. The minimum absolute atomic E-state index is 0.124. The summed E-state index contributed by atoms with van der Waals surface area (Å²) in [5.41, 5.74) is 0.494. The molecule has 1 aromatic carbocycles. The van der Waals surface area contributed by atoms with Crippen LogP contribution in [0.4, 0.5) is 5.69 Å². The number of hydrogen-bond acceptors (Lipinski definition) is 5. The number of nitro groups is 1. The van der Waals surface area contributed by atoms with Gasteiger partial charge in [-0.25, -0.2) is 0 Å². The van der Waals surface area contributed by atoms with Crippen molar-refractivity contribution in [2.45, 2.75) is 13.8 Å². The summed E-state index contributed by atoms with van der Waals surface area (Å²) < 4.78 is 0. The molecule has 0 unspecified atom stereocenters. The van der Waals surface area contributed by atoms with Crippen LogP contribution in [-0.2, 0) is 0 Å². The molecule has 0 aliphatic rings. The molecule has 1 aromatic rings. The maximum atomic E-state index is 10.6. The number of hydrogen-bond donors (Lipinski definition) is 2. The van der Waals surface area contributed by atoms with Crippen LogP contribution in [0.2, 0.25) is 0 Å². The van der Waals surface area contributed by atoms with Gasteiger partial charge in [0.25, 0.3) is 0 Å². The van der Waals surface area contributed by atoms with E-state index in [1.165, 1.54) is 19.1 Å². The third kappa shape index (κ3) is 2.04. The molecule has 0 spiro atoms. The van der Waals surface area contributed by atoms with Gasteiger partial charge in [0.1, 0.15) is 0 Å². The molecule has 0 bridgehead atoms. The molecule has 0 aromatic heterocycles. The van der Waals surface area contributed by atoms with Crippen LogP contribution in [0.5, 0.6) is 5.75 Å². The second-order valence-electron chi connectivity index (χ2n) is 3.12. The van der Waals surface area contributed by atoms with Crippen LogP contribution >= 0.6 is 0 Å². The average molecular weight is 210 g/mol. The van der Waals surface area contributed by atoms with E-state index in [1.54, 1.807) is 6.92 Å². The summed E-state index contributed by atoms with van der Waals surface area (Å²) in [5.74, 6) is -0.485. The topological polar surface area (TPSA) is 96.0 Å². The molecule has 0 amide bonds. The highest BCUT2D eigenvalue weighted by molar-refractivity contribution is 6.01. The number of benzene rings is 1. The van der Waals surface area contributed by atoms with E-state index in [0.29, 0.717) is 5.56 Å². The summed E-state index contributed by atoms with van der Waals surface area (Å²) in [6.07, 6.45) is 0. The molecule has 0 atom stereocenters. The SMILES string of the molecule is C/C(=N/O)c1cc(C)cc([N+](=O)[O-])c1O. The molecular formula is C9H10N2O4. The fourth-order valence-electron chi connectivity index (χ4n) is 1.23. The van der Waals surface area contributed by atoms with Crippen LogP contribution in [0, 0.1) is 17.0 Å². The third-order valence-corrected chi connectivity index (χ3v) is 1.97. The minimum Gasteiger partial charge on any atom is -0.502 e. The minimum atomic E-state index is -0.684. The van der Waals surface area contributed by atoms with Crippen LogP contribution < -0.4 is 0 Å². The van der Waals surface area contributed by atoms with Crippen LogP contribution in [0.15, 0.2) is 17.3 Å². The summed E-state index contributed by atoms with van der Waals surface area (Å²) in [4.78, 5) is 9.90. The van der Waals surface area contributed by atoms with Gasteiger partial charge in [-0.15, -0.1) is 0 Å². The van der Waals surface area contributed by atoms with Gasteiger partial charge in [-0.2, -0.15) is 0 Å². The maximum Gasteiger partial charge on any atom is 0.311 e. The molecule has 80 valence electrons. The molecule has 1 rings (SSSR count). The average Bonchev–Trinajstić information content (AvgIpc) is 2.19. The highest BCUT2D eigenvalue weighted by Crippen LogP contribution is 2.31. The van der Waals surface area contributed by atoms with Gasteiger partial charge in [-0.3, -0.25) is 10.1 Å². The van der Waals surface area contributed by atoms with Crippen molar-refractivity contribution in [3.8, 4) is 5.75 Å². The smallest absolute Gasteiger partial charge is 0.311 e. The predicted octanol–water partition coefficient (Wildman–Crippen LogP) is 1.81. The molecule has 0 heterocycles. The Morgan fingerprint density at radius 2 is 2.13 bits per heavy atom. The Morgan fingerprint density at radius 3 is 2.60 bits per heavy atom. The Balaban J connectivity index is 3.48. The standard InChI is InChI=1S/C9H10N2O4/c1-5-3-7(6(2)10-13)9(12)8(4-5)11(14)15/h3-4,12-13H,1-2H3/b10-6-. The van der Waals surface area contributed by atoms with E-state index in [2.05, 4.69) is 5.16 Å². The van der Waals surface area contributed by atoms with Crippen molar-refractivity contribution in [1.82, 2.24) is 0 Å². The molecule has 2 N–H and O–H groups in total. The van der Waals surface area contributed by atoms with Gasteiger partial charge in [-0.1, -0.05) is 5.16 Å². The Morgan fingerprint density at radius 1 is 1.53 bits per heavy atom. The van der Waals surface area contributed by atoms with Crippen LogP contribution in [0.3, 0.4) is 0 Å². The molecular weight excluding hydrogens is 200 g/mol. The van der Waals surface area contributed by atoms with Gasteiger partial charge in [0.15, 0.2) is 0 Å². The van der Waals surface area contributed by atoms with Crippen molar-refractivity contribution in [2.75, 3.05) is 0 Å². The largest absolute Gasteiger partial charge is 0.502 e. The fraction of sp³-hybridized carbons (Fsp3) is 0.222. The second-order valence-corrected chi connectivity index (χ2v) is 3.12. The van der Waals surface area contributed by atoms with Gasteiger partial charge in [0, 0.05) is 11.6 Å². The second kappa shape index (κ2) is 3.95. The first-order valence-corrected chi connectivity index (χ1v) is 4.14. The molecule has 0 fully saturated rings. The van der Waals surface area contributed by atoms with E-state index in [-0.39, 0.29) is 11.3 Å². The summed E-state index contributed by atoms with van der Waals surface area (Å²) in [5, 5.41) is 31.6. The van der Waals surface area contributed by atoms with Crippen LogP contribution in [0.25, 0.3) is 0 Å². The van der Waals surface area contributed by atoms with E-state index in [9.17, 15) is 15.2 Å². The molecule has 0 saturated heterocycles. The number of aromatic hydroxyl groups is 1. The van der Waals surface area contributed by atoms with E-state index >= 15 is 0 Å². The summed E-state index contributed by atoms with van der Waals surface area (Å²) in [6, 6.07) is 2.76. The number of nitro benzene ring substituents is 1. The number of oxime groups is 1. The van der Waals surface area contributed by atoms with Crippen LogP contribution in [-0.4, -0.2) is 20.9 Å². The van der Waals surface area contributed by atoms with Crippen molar-refractivity contribution in [1.29, 1.82) is 0 Å². The highest BCUT2D eigenvalue weighted by Gasteiger charge is 2.19. The van der Waals surface area contributed by atoms with E-state index in [1.807, 2.05) is 0 Å². The first kappa shape index (κ1) is 11.0. The van der Waals surface area contributed by atoms with Crippen molar-refractivity contribution < 1.29 is 15.2 Å². The van der Waals surface area contributed by atoms with Gasteiger partial charge in [-0.05, 0) is 25.5 Å². The zero-order valence-electron chi connectivity index (χ0n) is 8.26. The Labute approximate surface area is 85.6 Å².